The number of hydrogen-bond acceptors (Lipinski definition) is 3. The summed E-state index contributed by atoms with van der Waals surface area (Å²) in [7, 11) is 0. The maximum Gasteiger partial charge on any atom is 0.270 e. The Bertz CT molecular complexity index is 751. The summed E-state index contributed by atoms with van der Waals surface area (Å²) in [6.07, 6.45) is 2.17. The van der Waals surface area contributed by atoms with Gasteiger partial charge in [0.1, 0.15) is 5.69 Å². The molecule has 26 heavy (non-hydrogen) atoms. The summed E-state index contributed by atoms with van der Waals surface area (Å²) in [6, 6.07) is 10.5. The Morgan fingerprint density at radius 1 is 1.23 bits per heavy atom. The van der Waals surface area contributed by atoms with Gasteiger partial charge in [-0.2, -0.15) is 0 Å². The van der Waals surface area contributed by atoms with Crippen molar-refractivity contribution in [2.24, 2.45) is 5.41 Å². The van der Waals surface area contributed by atoms with Crippen LogP contribution in [0.2, 0.25) is 0 Å². The lowest BCUT2D eigenvalue weighted by molar-refractivity contribution is 0.00553. The highest BCUT2D eigenvalue weighted by atomic mass is 16.5. The SMILES string of the molecule is CC(C)N1CCOC[C@]2(CCCN(C(=O)c3cc4ccccc4[nH]3)C2)C1. The number of rotatable bonds is 2. The second-order valence-electron chi connectivity index (χ2n) is 8.22. The third-order valence-corrected chi connectivity index (χ3v) is 5.91. The number of ether oxygens (including phenoxy) is 1. The number of carbonyl (C=O) groups is 1. The zero-order valence-electron chi connectivity index (χ0n) is 15.8. The minimum atomic E-state index is 0.0562. The van der Waals surface area contributed by atoms with E-state index in [9.17, 15) is 4.79 Å². The van der Waals surface area contributed by atoms with Crippen molar-refractivity contribution >= 4 is 16.8 Å². The average Bonchev–Trinajstić information content (AvgIpc) is 2.97. The highest BCUT2D eigenvalue weighted by molar-refractivity contribution is 5.98. The topological polar surface area (TPSA) is 48.6 Å². The van der Waals surface area contributed by atoms with Crippen LogP contribution >= 0.6 is 0 Å². The van der Waals surface area contributed by atoms with E-state index in [1.54, 1.807) is 0 Å². The molecule has 3 heterocycles. The lowest BCUT2D eigenvalue weighted by atomic mass is 9.79. The monoisotopic (exact) mass is 355 g/mol. The van der Waals surface area contributed by atoms with Crippen LogP contribution in [-0.4, -0.2) is 66.1 Å². The summed E-state index contributed by atoms with van der Waals surface area (Å²) in [5.74, 6) is 0.112. The molecule has 2 aromatic rings. The Morgan fingerprint density at radius 2 is 2.08 bits per heavy atom. The number of piperidine rings is 1. The second kappa shape index (κ2) is 7.05. The smallest absolute Gasteiger partial charge is 0.270 e. The largest absolute Gasteiger partial charge is 0.379 e. The zero-order chi connectivity index (χ0) is 18.1. The van der Waals surface area contributed by atoms with Gasteiger partial charge in [0, 0.05) is 48.5 Å². The molecule has 0 radical (unpaired) electrons. The lowest BCUT2D eigenvalue weighted by Crippen LogP contribution is -2.53. The third-order valence-electron chi connectivity index (χ3n) is 5.91. The molecule has 1 atom stereocenters. The number of likely N-dealkylation sites (tertiary alicyclic amines) is 1. The van der Waals surface area contributed by atoms with Crippen molar-refractivity contribution in [2.45, 2.75) is 32.7 Å². The summed E-state index contributed by atoms with van der Waals surface area (Å²) in [5.41, 5.74) is 1.77. The molecule has 1 spiro atoms. The van der Waals surface area contributed by atoms with Gasteiger partial charge in [-0.15, -0.1) is 0 Å². The predicted octanol–water partition coefficient (Wildman–Crippen LogP) is 3.13. The Morgan fingerprint density at radius 3 is 2.88 bits per heavy atom. The zero-order valence-corrected chi connectivity index (χ0v) is 15.8. The van der Waals surface area contributed by atoms with Crippen LogP contribution in [0.1, 0.15) is 37.2 Å². The van der Waals surface area contributed by atoms with Crippen molar-refractivity contribution in [3.8, 4) is 0 Å². The Kier molecular flexibility index (Phi) is 4.76. The fraction of sp³-hybridized carbons (Fsp3) is 0.571. The number of para-hydroxylation sites is 1. The maximum atomic E-state index is 13.1. The van der Waals surface area contributed by atoms with Gasteiger partial charge in [-0.05, 0) is 38.8 Å². The molecule has 2 fully saturated rings. The van der Waals surface area contributed by atoms with Crippen molar-refractivity contribution in [3.63, 3.8) is 0 Å². The first-order valence-corrected chi connectivity index (χ1v) is 9.75. The molecule has 4 rings (SSSR count). The summed E-state index contributed by atoms with van der Waals surface area (Å²) >= 11 is 0. The number of fused-ring (bicyclic) bond motifs is 1. The van der Waals surface area contributed by atoms with Crippen LogP contribution in [0.3, 0.4) is 0 Å². The minimum absolute atomic E-state index is 0.0562. The van der Waals surface area contributed by atoms with Crippen LogP contribution in [0, 0.1) is 5.41 Å². The van der Waals surface area contributed by atoms with Crippen LogP contribution in [0.25, 0.3) is 10.9 Å². The number of hydrogen-bond donors (Lipinski definition) is 1. The number of nitrogens with one attached hydrogen (secondary N) is 1. The average molecular weight is 355 g/mol. The van der Waals surface area contributed by atoms with Crippen molar-refractivity contribution in [2.75, 3.05) is 39.4 Å². The Hall–Kier alpha value is -1.85. The number of carbonyl (C=O) groups excluding carboxylic acids is 1. The molecule has 2 saturated heterocycles. The first-order valence-electron chi connectivity index (χ1n) is 9.75. The Balaban J connectivity index is 1.54. The number of benzene rings is 1. The van der Waals surface area contributed by atoms with E-state index in [1.807, 2.05) is 35.2 Å². The highest BCUT2D eigenvalue weighted by Gasteiger charge is 2.41. The van der Waals surface area contributed by atoms with Gasteiger partial charge >= 0.3 is 0 Å². The van der Waals surface area contributed by atoms with Crippen LogP contribution < -0.4 is 0 Å². The first-order chi connectivity index (χ1) is 12.6. The maximum absolute atomic E-state index is 13.1. The summed E-state index contributed by atoms with van der Waals surface area (Å²) in [5, 5.41) is 1.09. The number of aromatic amines is 1. The van der Waals surface area contributed by atoms with Gasteiger partial charge in [0.15, 0.2) is 0 Å². The number of nitrogens with zero attached hydrogens (tertiary/aromatic N) is 2. The van der Waals surface area contributed by atoms with E-state index >= 15 is 0 Å². The quantitative estimate of drug-likeness (QED) is 0.900. The van der Waals surface area contributed by atoms with Gasteiger partial charge in [0.2, 0.25) is 0 Å². The third kappa shape index (κ3) is 3.38. The fourth-order valence-electron chi connectivity index (χ4n) is 4.45. The van der Waals surface area contributed by atoms with Gasteiger partial charge < -0.3 is 14.6 Å². The molecule has 5 heteroatoms. The van der Waals surface area contributed by atoms with E-state index in [4.69, 9.17) is 4.74 Å². The highest BCUT2D eigenvalue weighted by Crippen LogP contribution is 2.34. The van der Waals surface area contributed by atoms with Crippen LogP contribution in [0.4, 0.5) is 0 Å². The van der Waals surface area contributed by atoms with E-state index in [-0.39, 0.29) is 11.3 Å². The molecule has 5 nitrogen and oxygen atoms in total. The first kappa shape index (κ1) is 17.6. The molecule has 0 unspecified atom stereocenters. The fourth-order valence-corrected chi connectivity index (χ4v) is 4.45. The van der Waals surface area contributed by atoms with E-state index in [1.165, 1.54) is 0 Å². The second-order valence-corrected chi connectivity index (χ2v) is 8.22. The van der Waals surface area contributed by atoms with Crippen LogP contribution in [-0.2, 0) is 4.74 Å². The predicted molar refractivity (Wildman–Crippen MR) is 103 cm³/mol. The number of H-pyrrole nitrogens is 1. The van der Waals surface area contributed by atoms with Gasteiger partial charge in [-0.3, -0.25) is 9.69 Å². The number of amides is 1. The molecule has 1 amide bonds. The van der Waals surface area contributed by atoms with E-state index in [0.717, 1.165) is 63.1 Å². The molecule has 0 bridgehead atoms. The van der Waals surface area contributed by atoms with Crippen molar-refractivity contribution in [3.05, 3.63) is 36.0 Å². The molecule has 2 aliphatic heterocycles. The van der Waals surface area contributed by atoms with Crippen molar-refractivity contribution in [1.29, 1.82) is 0 Å². The molecule has 0 saturated carbocycles. The molecule has 1 N–H and O–H groups in total. The number of aromatic nitrogens is 1. The minimum Gasteiger partial charge on any atom is -0.379 e. The van der Waals surface area contributed by atoms with Gasteiger partial charge in [-0.1, -0.05) is 18.2 Å². The lowest BCUT2D eigenvalue weighted by Gasteiger charge is -2.44. The molecule has 0 aliphatic carbocycles. The van der Waals surface area contributed by atoms with E-state index in [2.05, 4.69) is 23.7 Å². The van der Waals surface area contributed by atoms with E-state index in [0.29, 0.717) is 11.7 Å². The molecule has 2 aliphatic rings. The van der Waals surface area contributed by atoms with Crippen LogP contribution in [0.5, 0.6) is 0 Å². The summed E-state index contributed by atoms with van der Waals surface area (Å²) < 4.78 is 5.96. The molecule has 1 aromatic carbocycles. The normalized spacial score (nSPS) is 25.1. The van der Waals surface area contributed by atoms with Gasteiger partial charge in [0.25, 0.3) is 5.91 Å². The summed E-state index contributed by atoms with van der Waals surface area (Å²) in [4.78, 5) is 21.0. The molecular formula is C21H29N3O2. The van der Waals surface area contributed by atoms with Gasteiger partial charge in [-0.25, -0.2) is 0 Å². The molecular weight excluding hydrogens is 326 g/mol. The Labute approximate surface area is 155 Å². The van der Waals surface area contributed by atoms with E-state index < -0.39 is 0 Å². The van der Waals surface area contributed by atoms with Crippen molar-refractivity contribution in [1.82, 2.24) is 14.8 Å². The molecule has 1 aromatic heterocycles. The van der Waals surface area contributed by atoms with Crippen molar-refractivity contribution < 1.29 is 9.53 Å². The summed E-state index contributed by atoms with van der Waals surface area (Å²) in [6.45, 7) is 9.64. The molecule has 140 valence electrons. The van der Waals surface area contributed by atoms with Crippen LogP contribution in [0.15, 0.2) is 30.3 Å². The standard InChI is InChI=1S/C21H29N3O2/c1-16(2)23-10-11-26-15-21(13-23)8-5-9-24(14-21)20(25)19-12-17-6-3-4-7-18(17)22-19/h3-4,6-7,12,16,22H,5,8-11,13-15H2,1-2H3/t21-/m1/s1. The van der Waals surface area contributed by atoms with Gasteiger partial charge in [0.05, 0.1) is 13.2 Å².